The van der Waals surface area contributed by atoms with Crippen molar-refractivity contribution in [3.05, 3.63) is 35.4 Å². The molecule has 0 spiro atoms. The van der Waals surface area contributed by atoms with E-state index >= 15 is 0 Å². The molecule has 0 aromatic heterocycles. The second kappa shape index (κ2) is 19.4. The second-order valence-corrected chi connectivity index (χ2v) is 7.48. The van der Waals surface area contributed by atoms with Crippen molar-refractivity contribution in [1.29, 1.82) is 0 Å². The largest absolute Gasteiger partial charge is 0.480 e. The van der Waals surface area contributed by atoms with E-state index in [9.17, 15) is 9.59 Å². The summed E-state index contributed by atoms with van der Waals surface area (Å²) in [4.78, 5) is 21.0. The van der Waals surface area contributed by atoms with Gasteiger partial charge in [0.05, 0.1) is 52.9 Å². The van der Waals surface area contributed by atoms with Crippen molar-refractivity contribution >= 4 is 11.9 Å². The van der Waals surface area contributed by atoms with E-state index in [2.05, 4.69) is 12.1 Å². The van der Waals surface area contributed by atoms with E-state index in [1.807, 2.05) is 12.1 Å². The van der Waals surface area contributed by atoms with Gasteiger partial charge in [0.25, 0.3) is 0 Å². The number of ether oxygens (including phenoxy) is 5. The molecular weight excluding hydrogens is 432 g/mol. The molecular formula is C23H38N2O8. The molecule has 0 fully saturated rings. The lowest BCUT2D eigenvalue weighted by Crippen LogP contribution is -2.28. The Morgan fingerprint density at radius 3 is 1.94 bits per heavy atom. The van der Waals surface area contributed by atoms with Crippen molar-refractivity contribution in [3.63, 3.8) is 0 Å². The highest BCUT2D eigenvalue weighted by atomic mass is 16.6. The third-order valence-corrected chi connectivity index (χ3v) is 4.48. The van der Waals surface area contributed by atoms with Gasteiger partial charge in [-0.15, -0.1) is 0 Å². The summed E-state index contributed by atoms with van der Waals surface area (Å²) in [5.41, 5.74) is 13.3. The number of carbonyl (C=O) groups excluding carboxylic acids is 1. The van der Waals surface area contributed by atoms with Crippen LogP contribution in [0.4, 0.5) is 0 Å². The molecule has 0 saturated carbocycles. The number of nitrogens with two attached hydrogens (primary N) is 2. The summed E-state index contributed by atoms with van der Waals surface area (Å²) in [5.74, 6) is -1.34. The van der Waals surface area contributed by atoms with Crippen molar-refractivity contribution in [2.45, 2.75) is 38.3 Å². The Morgan fingerprint density at radius 2 is 1.36 bits per heavy atom. The monoisotopic (exact) mass is 470 g/mol. The van der Waals surface area contributed by atoms with E-state index in [0.29, 0.717) is 59.3 Å². The number of benzene rings is 1. The van der Waals surface area contributed by atoms with Gasteiger partial charge >= 0.3 is 5.97 Å². The number of aliphatic carboxylic acids is 1. The molecule has 0 aliphatic carbocycles. The molecule has 1 rings (SSSR count). The van der Waals surface area contributed by atoms with Crippen molar-refractivity contribution in [1.82, 2.24) is 0 Å². The standard InChI is InChI=1S/C23H38N2O8/c24-21(7-8-22(25)26)17-33-16-20-5-3-19(4-6-20)2-1-9-29-10-11-30-12-13-31-14-15-32-18-23(27)28/h3-6,21H,1-2,7-18,24H2,(H2,25,26)(H,27,28). The van der Waals surface area contributed by atoms with Gasteiger partial charge in [-0.1, -0.05) is 24.3 Å². The Bertz CT molecular complexity index is 642. The Balaban J connectivity index is 1.93. The Kier molecular flexibility index (Phi) is 17.0. The van der Waals surface area contributed by atoms with Gasteiger partial charge < -0.3 is 40.3 Å². The van der Waals surface area contributed by atoms with Crippen LogP contribution >= 0.6 is 0 Å². The maximum absolute atomic E-state index is 10.7. The van der Waals surface area contributed by atoms with E-state index in [1.165, 1.54) is 5.56 Å². The van der Waals surface area contributed by atoms with E-state index in [4.69, 9.17) is 40.3 Å². The molecule has 0 aliphatic heterocycles. The average molecular weight is 471 g/mol. The zero-order chi connectivity index (χ0) is 24.2. The SMILES string of the molecule is NC(=O)CCC(N)COCc1ccc(CCCOCCOCCOCCOCC(=O)O)cc1. The van der Waals surface area contributed by atoms with Crippen LogP contribution in [0.1, 0.15) is 30.4 Å². The van der Waals surface area contributed by atoms with Crippen LogP contribution in [-0.2, 0) is 46.3 Å². The summed E-state index contributed by atoms with van der Waals surface area (Å²) >= 11 is 0. The van der Waals surface area contributed by atoms with Crippen LogP contribution in [0.15, 0.2) is 24.3 Å². The Labute approximate surface area is 195 Å². The molecule has 5 N–H and O–H groups in total. The lowest BCUT2D eigenvalue weighted by Gasteiger charge is -2.11. The first-order valence-corrected chi connectivity index (χ1v) is 11.2. The summed E-state index contributed by atoms with van der Waals surface area (Å²) in [7, 11) is 0. The van der Waals surface area contributed by atoms with Crippen LogP contribution < -0.4 is 11.5 Å². The van der Waals surface area contributed by atoms with Gasteiger partial charge in [-0.3, -0.25) is 4.79 Å². The van der Waals surface area contributed by atoms with Crippen molar-refractivity contribution in [2.24, 2.45) is 11.5 Å². The fraction of sp³-hybridized carbons (Fsp3) is 0.652. The van der Waals surface area contributed by atoms with Crippen molar-refractivity contribution < 1.29 is 38.4 Å². The smallest absolute Gasteiger partial charge is 0.329 e. The molecule has 0 heterocycles. The highest BCUT2D eigenvalue weighted by molar-refractivity contribution is 5.73. The van der Waals surface area contributed by atoms with E-state index in [1.54, 1.807) is 0 Å². The Morgan fingerprint density at radius 1 is 0.818 bits per heavy atom. The number of carbonyl (C=O) groups is 2. The van der Waals surface area contributed by atoms with Crippen LogP contribution in [0.25, 0.3) is 0 Å². The number of aryl methyl sites for hydroxylation is 1. The first-order valence-electron chi connectivity index (χ1n) is 11.2. The molecule has 0 aliphatic rings. The topological polar surface area (TPSA) is 153 Å². The van der Waals surface area contributed by atoms with E-state index in [0.717, 1.165) is 18.4 Å². The predicted molar refractivity (Wildman–Crippen MR) is 122 cm³/mol. The van der Waals surface area contributed by atoms with Crippen LogP contribution in [-0.4, -0.2) is 82.5 Å². The number of hydrogen-bond acceptors (Lipinski definition) is 8. The van der Waals surface area contributed by atoms with Gasteiger partial charge in [0.15, 0.2) is 0 Å². The summed E-state index contributed by atoms with van der Waals surface area (Å²) < 4.78 is 26.7. The van der Waals surface area contributed by atoms with Gasteiger partial charge in [-0.25, -0.2) is 4.79 Å². The first-order chi connectivity index (χ1) is 16.0. The van der Waals surface area contributed by atoms with Gasteiger partial charge in [-0.05, 0) is 30.4 Å². The molecule has 0 bridgehead atoms. The van der Waals surface area contributed by atoms with Crippen molar-refractivity contribution in [3.8, 4) is 0 Å². The summed E-state index contributed by atoms with van der Waals surface area (Å²) in [6.45, 7) is 3.73. The van der Waals surface area contributed by atoms with Crippen LogP contribution in [0.3, 0.4) is 0 Å². The Hall–Kier alpha value is -2.08. The zero-order valence-corrected chi connectivity index (χ0v) is 19.2. The van der Waals surface area contributed by atoms with Crippen molar-refractivity contribution in [2.75, 3.05) is 59.5 Å². The molecule has 1 atom stereocenters. The number of rotatable bonds is 22. The number of amides is 1. The second-order valence-electron chi connectivity index (χ2n) is 7.48. The van der Waals surface area contributed by atoms with Crippen LogP contribution in [0, 0.1) is 0 Å². The van der Waals surface area contributed by atoms with E-state index in [-0.39, 0.29) is 31.6 Å². The quantitative estimate of drug-likeness (QED) is 0.210. The fourth-order valence-corrected chi connectivity index (χ4v) is 2.74. The van der Waals surface area contributed by atoms with Crippen LogP contribution in [0.5, 0.6) is 0 Å². The normalized spacial score (nSPS) is 12.0. The van der Waals surface area contributed by atoms with Gasteiger partial charge in [0, 0.05) is 19.1 Å². The molecule has 10 heteroatoms. The lowest BCUT2D eigenvalue weighted by molar-refractivity contribution is -0.142. The summed E-state index contributed by atoms with van der Waals surface area (Å²) in [6.07, 6.45) is 2.66. The van der Waals surface area contributed by atoms with E-state index < -0.39 is 5.97 Å². The molecule has 0 radical (unpaired) electrons. The van der Waals surface area contributed by atoms with Gasteiger partial charge in [-0.2, -0.15) is 0 Å². The lowest BCUT2D eigenvalue weighted by atomic mass is 10.1. The minimum absolute atomic E-state index is 0.188. The van der Waals surface area contributed by atoms with Gasteiger partial charge in [0.1, 0.15) is 6.61 Å². The fourth-order valence-electron chi connectivity index (χ4n) is 2.74. The molecule has 10 nitrogen and oxygen atoms in total. The van der Waals surface area contributed by atoms with Gasteiger partial charge in [0.2, 0.25) is 5.91 Å². The number of carboxylic acid groups (broad SMARTS) is 1. The maximum Gasteiger partial charge on any atom is 0.329 e. The highest BCUT2D eigenvalue weighted by Gasteiger charge is 2.05. The third-order valence-electron chi connectivity index (χ3n) is 4.48. The maximum atomic E-state index is 10.7. The molecule has 33 heavy (non-hydrogen) atoms. The molecule has 0 saturated heterocycles. The molecule has 1 aromatic carbocycles. The number of primary amides is 1. The minimum Gasteiger partial charge on any atom is -0.480 e. The summed E-state index contributed by atoms with van der Waals surface area (Å²) in [6, 6.07) is 8.06. The number of carboxylic acids is 1. The summed E-state index contributed by atoms with van der Waals surface area (Å²) in [5, 5.41) is 8.41. The van der Waals surface area contributed by atoms with Crippen LogP contribution in [0.2, 0.25) is 0 Å². The highest BCUT2D eigenvalue weighted by Crippen LogP contribution is 2.08. The zero-order valence-electron chi connectivity index (χ0n) is 19.2. The minimum atomic E-state index is -0.991. The predicted octanol–water partition coefficient (Wildman–Crippen LogP) is 0.880. The number of hydrogen-bond donors (Lipinski definition) is 3. The molecule has 188 valence electrons. The third kappa shape index (κ3) is 18.1. The average Bonchev–Trinajstić information content (AvgIpc) is 2.78. The molecule has 1 amide bonds. The first kappa shape index (κ1) is 29.0. The molecule has 1 aromatic rings. The molecule has 1 unspecified atom stereocenters.